The molecule has 0 aliphatic carbocycles. The summed E-state index contributed by atoms with van der Waals surface area (Å²) in [6, 6.07) is 0.198. The Hall–Kier alpha value is -0.210. The van der Waals surface area contributed by atoms with Crippen molar-refractivity contribution in [2.45, 2.75) is 44.2 Å². The highest BCUT2D eigenvalue weighted by molar-refractivity contribution is 7.86. The zero-order chi connectivity index (χ0) is 15.5. The topological polar surface area (TPSA) is 55.9 Å². The number of piperidine rings is 2. The molecule has 124 valence electrons. The smallest absolute Gasteiger partial charge is 0.282 e. The summed E-state index contributed by atoms with van der Waals surface area (Å²) in [5.41, 5.74) is 0. The predicted molar refractivity (Wildman–Crippen MR) is 85.5 cm³/mol. The Labute approximate surface area is 129 Å². The number of rotatable bonds is 5. The van der Waals surface area contributed by atoms with Crippen LogP contribution >= 0.6 is 0 Å². The molecular formula is C14H30N4O2S. The maximum Gasteiger partial charge on any atom is 0.282 e. The minimum Gasteiger partial charge on any atom is -0.318 e. The highest BCUT2D eigenvalue weighted by Gasteiger charge is 2.38. The number of nitrogens with zero attached hydrogens (tertiary/aromatic N) is 3. The van der Waals surface area contributed by atoms with Crippen LogP contribution in [-0.4, -0.2) is 81.3 Å². The summed E-state index contributed by atoms with van der Waals surface area (Å²) >= 11 is 0. The molecule has 0 radical (unpaired) electrons. The zero-order valence-corrected chi connectivity index (χ0v) is 14.4. The van der Waals surface area contributed by atoms with Crippen molar-refractivity contribution in [1.82, 2.24) is 18.8 Å². The lowest BCUT2D eigenvalue weighted by molar-refractivity contribution is 0.170. The Balaban J connectivity index is 2.11. The monoisotopic (exact) mass is 318 g/mol. The fraction of sp³-hybridized carbons (Fsp3) is 1.00. The predicted octanol–water partition coefficient (Wildman–Crippen LogP) is 0.331. The van der Waals surface area contributed by atoms with E-state index >= 15 is 0 Å². The van der Waals surface area contributed by atoms with Gasteiger partial charge in [-0.2, -0.15) is 17.0 Å². The van der Waals surface area contributed by atoms with Gasteiger partial charge in [-0.25, -0.2) is 0 Å². The average molecular weight is 318 g/mol. The molecule has 2 saturated heterocycles. The number of hydrogen-bond acceptors (Lipinski definition) is 4. The summed E-state index contributed by atoms with van der Waals surface area (Å²) in [5.74, 6) is 0. The van der Waals surface area contributed by atoms with Gasteiger partial charge in [0.2, 0.25) is 0 Å². The molecule has 0 saturated carbocycles. The first-order valence-corrected chi connectivity index (χ1v) is 9.44. The van der Waals surface area contributed by atoms with Crippen molar-refractivity contribution < 1.29 is 8.42 Å². The quantitative estimate of drug-likeness (QED) is 0.794. The molecule has 6 nitrogen and oxygen atoms in total. The molecule has 0 aromatic rings. The zero-order valence-electron chi connectivity index (χ0n) is 13.6. The SMILES string of the molecule is CNCC1CCCCN1S(=O)(=O)N(C)C1CCCN(C)C1. The maximum absolute atomic E-state index is 13.0. The van der Waals surface area contributed by atoms with Gasteiger partial charge >= 0.3 is 0 Å². The molecule has 0 aromatic heterocycles. The summed E-state index contributed by atoms with van der Waals surface area (Å²) in [4.78, 5) is 2.22. The van der Waals surface area contributed by atoms with Crippen LogP contribution in [0.2, 0.25) is 0 Å². The minimum absolute atomic E-state index is 0.0949. The van der Waals surface area contributed by atoms with Crippen LogP contribution in [0.25, 0.3) is 0 Å². The molecule has 0 amide bonds. The third kappa shape index (κ3) is 3.96. The van der Waals surface area contributed by atoms with Crippen molar-refractivity contribution in [1.29, 1.82) is 0 Å². The van der Waals surface area contributed by atoms with Crippen LogP contribution in [0, 0.1) is 0 Å². The van der Waals surface area contributed by atoms with Gasteiger partial charge < -0.3 is 10.2 Å². The third-order valence-electron chi connectivity index (χ3n) is 4.79. The van der Waals surface area contributed by atoms with E-state index in [0.29, 0.717) is 6.54 Å². The summed E-state index contributed by atoms with van der Waals surface area (Å²) in [6.45, 7) is 3.29. The van der Waals surface area contributed by atoms with E-state index in [0.717, 1.165) is 51.7 Å². The van der Waals surface area contributed by atoms with Crippen molar-refractivity contribution in [2.75, 3.05) is 47.3 Å². The van der Waals surface area contributed by atoms with Crippen molar-refractivity contribution in [3.8, 4) is 0 Å². The summed E-state index contributed by atoms with van der Waals surface area (Å²) in [5, 5.41) is 3.13. The second-order valence-corrected chi connectivity index (χ2v) is 8.34. The fourth-order valence-corrected chi connectivity index (χ4v) is 5.30. The van der Waals surface area contributed by atoms with Gasteiger partial charge in [0.1, 0.15) is 0 Å². The van der Waals surface area contributed by atoms with E-state index < -0.39 is 10.2 Å². The largest absolute Gasteiger partial charge is 0.318 e. The third-order valence-corrected chi connectivity index (χ3v) is 6.89. The van der Waals surface area contributed by atoms with Crippen LogP contribution in [-0.2, 0) is 10.2 Å². The van der Waals surface area contributed by atoms with E-state index in [2.05, 4.69) is 17.3 Å². The summed E-state index contributed by atoms with van der Waals surface area (Å²) < 4.78 is 29.3. The Morgan fingerprint density at radius 2 is 1.95 bits per heavy atom. The van der Waals surface area contributed by atoms with Gasteiger partial charge in [0.25, 0.3) is 10.2 Å². The minimum atomic E-state index is -3.36. The van der Waals surface area contributed by atoms with Crippen molar-refractivity contribution >= 4 is 10.2 Å². The molecule has 0 bridgehead atoms. The van der Waals surface area contributed by atoms with Gasteiger partial charge in [0.15, 0.2) is 0 Å². The van der Waals surface area contributed by atoms with Crippen molar-refractivity contribution in [3.63, 3.8) is 0 Å². The van der Waals surface area contributed by atoms with Gasteiger partial charge in [-0.15, -0.1) is 0 Å². The second-order valence-electron chi connectivity index (χ2n) is 6.40. The number of likely N-dealkylation sites (N-methyl/N-ethyl adjacent to an activating group) is 3. The van der Waals surface area contributed by atoms with E-state index in [1.54, 1.807) is 15.7 Å². The molecule has 2 aliphatic rings. The van der Waals surface area contributed by atoms with Gasteiger partial charge in [-0.3, -0.25) is 0 Å². The fourth-order valence-electron chi connectivity index (χ4n) is 3.51. The molecule has 21 heavy (non-hydrogen) atoms. The van der Waals surface area contributed by atoms with E-state index in [-0.39, 0.29) is 12.1 Å². The van der Waals surface area contributed by atoms with Crippen LogP contribution in [0.3, 0.4) is 0 Å². The second kappa shape index (κ2) is 7.37. The number of likely N-dealkylation sites (tertiary alicyclic amines) is 1. The Bertz CT molecular complexity index is 427. The van der Waals surface area contributed by atoms with E-state index in [1.165, 1.54) is 0 Å². The molecule has 2 heterocycles. The number of hydrogen-bond donors (Lipinski definition) is 1. The first-order valence-electron chi connectivity index (χ1n) is 8.04. The standard InChI is InChI=1S/C14H30N4O2S/c1-15-11-13-7-4-5-10-18(13)21(19,20)17(3)14-8-6-9-16(2)12-14/h13-15H,4-12H2,1-3H3. The van der Waals surface area contributed by atoms with Gasteiger partial charge in [0.05, 0.1) is 0 Å². The van der Waals surface area contributed by atoms with Crippen molar-refractivity contribution in [3.05, 3.63) is 0 Å². The first kappa shape index (κ1) is 17.1. The van der Waals surface area contributed by atoms with E-state index in [9.17, 15) is 8.42 Å². The maximum atomic E-state index is 13.0. The Kier molecular flexibility index (Phi) is 6.02. The van der Waals surface area contributed by atoms with E-state index in [1.807, 2.05) is 7.05 Å². The van der Waals surface area contributed by atoms with Crippen LogP contribution < -0.4 is 5.32 Å². The average Bonchev–Trinajstić information content (AvgIpc) is 2.47. The molecule has 1 N–H and O–H groups in total. The normalized spacial score (nSPS) is 29.9. The molecule has 2 aliphatic heterocycles. The van der Waals surface area contributed by atoms with Crippen LogP contribution in [0.1, 0.15) is 32.1 Å². The Morgan fingerprint density at radius 1 is 1.19 bits per heavy atom. The summed E-state index contributed by atoms with van der Waals surface area (Å²) in [6.07, 6.45) is 5.08. The molecule has 2 unspecified atom stereocenters. The van der Waals surface area contributed by atoms with Gasteiger partial charge in [0, 0.05) is 38.8 Å². The molecule has 0 spiro atoms. The first-order chi connectivity index (χ1) is 9.96. The lowest BCUT2D eigenvalue weighted by atomic mass is 10.1. The van der Waals surface area contributed by atoms with Gasteiger partial charge in [-0.1, -0.05) is 6.42 Å². The lowest BCUT2D eigenvalue weighted by Crippen LogP contribution is -2.56. The molecule has 0 aromatic carbocycles. The summed E-state index contributed by atoms with van der Waals surface area (Å²) in [7, 11) is 2.35. The molecular weight excluding hydrogens is 288 g/mol. The van der Waals surface area contributed by atoms with Crippen LogP contribution in [0.15, 0.2) is 0 Å². The van der Waals surface area contributed by atoms with Gasteiger partial charge in [-0.05, 0) is 46.3 Å². The highest BCUT2D eigenvalue weighted by Crippen LogP contribution is 2.25. The molecule has 2 atom stereocenters. The Morgan fingerprint density at radius 3 is 2.62 bits per heavy atom. The van der Waals surface area contributed by atoms with Crippen LogP contribution in [0.4, 0.5) is 0 Å². The van der Waals surface area contributed by atoms with Crippen LogP contribution in [0.5, 0.6) is 0 Å². The van der Waals surface area contributed by atoms with Crippen molar-refractivity contribution in [2.24, 2.45) is 0 Å². The molecule has 2 rings (SSSR count). The number of nitrogens with one attached hydrogen (secondary N) is 1. The molecule has 2 fully saturated rings. The highest BCUT2D eigenvalue weighted by atomic mass is 32.2. The molecule has 7 heteroatoms. The lowest BCUT2D eigenvalue weighted by Gasteiger charge is -2.41. The van der Waals surface area contributed by atoms with E-state index in [4.69, 9.17) is 0 Å².